The molecule has 23 heavy (non-hydrogen) atoms. The fourth-order valence-electron chi connectivity index (χ4n) is 2.44. The number of nitrogens with zero attached hydrogens (tertiary/aromatic N) is 4. The number of hydrogen-bond acceptors (Lipinski definition) is 3. The Morgan fingerprint density at radius 1 is 1.13 bits per heavy atom. The molecule has 3 rings (SSSR count). The highest BCUT2D eigenvalue weighted by atomic mass is 35.5. The van der Waals surface area contributed by atoms with Crippen LogP contribution >= 0.6 is 23.4 Å². The second kappa shape index (κ2) is 7.23. The molecule has 0 saturated heterocycles. The highest BCUT2D eigenvalue weighted by Gasteiger charge is 2.13. The molecule has 0 fully saturated rings. The Hall–Kier alpha value is -1.72. The number of aryl methyl sites for hydroxylation is 1. The predicted molar refractivity (Wildman–Crippen MR) is 94.9 cm³/mol. The summed E-state index contributed by atoms with van der Waals surface area (Å²) in [6.45, 7) is 3.00. The van der Waals surface area contributed by atoms with Gasteiger partial charge in [0.25, 0.3) is 0 Å². The highest BCUT2D eigenvalue weighted by Crippen LogP contribution is 2.23. The first-order valence-electron chi connectivity index (χ1n) is 7.57. The molecule has 0 saturated carbocycles. The summed E-state index contributed by atoms with van der Waals surface area (Å²) in [5, 5.41) is 10.5. The van der Waals surface area contributed by atoms with E-state index in [1.807, 2.05) is 24.3 Å². The zero-order chi connectivity index (χ0) is 16.2. The van der Waals surface area contributed by atoms with Crippen LogP contribution in [0.25, 0.3) is 0 Å². The molecule has 0 atom stereocenters. The Kier molecular flexibility index (Phi) is 5.08. The van der Waals surface area contributed by atoms with E-state index in [2.05, 4.69) is 51.6 Å². The van der Waals surface area contributed by atoms with Crippen molar-refractivity contribution in [3.05, 3.63) is 64.7 Å². The highest BCUT2D eigenvalue weighted by molar-refractivity contribution is 7.98. The molecule has 0 aliphatic rings. The zero-order valence-corrected chi connectivity index (χ0v) is 14.8. The van der Waals surface area contributed by atoms with Gasteiger partial charge in [0.2, 0.25) is 0 Å². The lowest BCUT2D eigenvalue weighted by Crippen LogP contribution is -2.06. The van der Waals surface area contributed by atoms with Crippen LogP contribution in [0.5, 0.6) is 0 Å². The summed E-state index contributed by atoms with van der Waals surface area (Å²) >= 11 is 7.63. The zero-order valence-electron chi connectivity index (χ0n) is 13.2. The molecule has 120 valence electrons. The molecular weight excluding hydrogens is 328 g/mol. The van der Waals surface area contributed by atoms with Gasteiger partial charge >= 0.3 is 0 Å². The Morgan fingerprint density at radius 3 is 2.57 bits per heavy atom. The van der Waals surface area contributed by atoms with E-state index in [1.54, 1.807) is 11.8 Å². The van der Waals surface area contributed by atoms with E-state index in [9.17, 15) is 0 Å². The first-order valence-corrected chi connectivity index (χ1v) is 8.93. The number of rotatable bonds is 6. The van der Waals surface area contributed by atoms with Gasteiger partial charge in [0.05, 0.1) is 0 Å². The van der Waals surface area contributed by atoms with E-state index in [0.29, 0.717) is 0 Å². The van der Waals surface area contributed by atoms with Gasteiger partial charge in [0.15, 0.2) is 5.16 Å². The van der Waals surface area contributed by atoms with Crippen LogP contribution in [-0.4, -0.2) is 19.3 Å². The van der Waals surface area contributed by atoms with E-state index < -0.39 is 0 Å². The van der Waals surface area contributed by atoms with Gasteiger partial charge in [-0.15, -0.1) is 10.2 Å². The Balaban J connectivity index is 1.73. The topological polar surface area (TPSA) is 35.6 Å². The normalized spacial score (nSPS) is 11.1. The molecule has 4 nitrogen and oxygen atoms in total. The van der Waals surface area contributed by atoms with Gasteiger partial charge in [-0.25, -0.2) is 0 Å². The van der Waals surface area contributed by atoms with E-state index >= 15 is 0 Å². The van der Waals surface area contributed by atoms with E-state index in [1.165, 1.54) is 11.3 Å². The van der Waals surface area contributed by atoms with Crippen LogP contribution in [0.15, 0.2) is 47.8 Å². The molecule has 0 bridgehead atoms. The van der Waals surface area contributed by atoms with Crippen LogP contribution in [-0.2, 0) is 25.8 Å². The van der Waals surface area contributed by atoms with Crippen molar-refractivity contribution in [2.45, 2.75) is 30.8 Å². The van der Waals surface area contributed by atoms with Crippen molar-refractivity contribution in [1.29, 1.82) is 0 Å². The minimum atomic E-state index is 0.764. The summed E-state index contributed by atoms with van der Waals surface area (Å²) in [7, 11) is 2.05. The fraction of sp³-hybridized carbons (Fsp3) is 0.294. The van der Waals surface area contributed by atoms with Crippen molar-refractivity contribution in [2.75, 3.05) is 0 Å². The van der Waals surface area contributed by atoms with Crippen molar-refractivity contribution >= 4 is 23.4 Å². The SMILES string of the molecule is CCn1c(Cc2cccn2C)nnc1SCc1ccc(Cl)cc1. The van der Waals surface area contributed by atoms with Crippen molar-refractivity contribution in [3.8, 4) is 0 Å². The van der Waals surface area contributed by atoms with E-state index in [-0.39, 0.29) is 0 Å². The van der Waals surface area contributed by atoms with Crippen LogP contribution in [0.1, 0.15) is 24.0 Å². The number of halogens is 1. The third-order valence-electron chi connectivity index (χ3n) is 3.78. The van der Waals surface area contributed by atoms with E-state index in [0.717, 1.165) is 34.7 Å². The molecule has 2 aromatic heterocycles. The van der Waals surface area contributed by atoms with Gasteiger partial charge in [0.1, 0.15) is 5.82 Å². The second-order valence-corrected chi connectivity index (χ2v) is 6.72. The summed E-state index contributed by atoms with van der Waals surface area (Å²) in [5.74, 6) is 1.87. The van der Waals surface area contributed by atoms with Gasteiger partial charge in [-0.05, 0) is 36.8 Å². The lowest BCUT2D eigenvalue weighted by Gasteiger charge is -2.08. The van der Waals surface area contributed by atoms with Gasteiger partial charge < -0.3 is 9.13 Å². The third-order valence-corrected chi connectivity index (χ3v) is 5.07. The molecule has 0 radical (unpaired) electrons. The molecule has 0 unspecified atom stereocenters. The Bertz CT molecular complexity index is 776. The minimum Gasteiger partial charge on any atom is -0.354 e. The van der Waals surface area contributed by atoms with Crippen LogP contribution in [0, 0.1) is 0 Å². The molecule has 0 aliphatic carbocycles. The van der Waals surface area contributed by atoms with Gasteiger partial charge in [0, 0.05) is 42.7 Å². The number of benzene rings is 1. The minimum absolute atomic E-state index is 0.764. The van der Waals surface area contributed by atoms with Crippen molar-refractivity contribution < 1.29 is 0 Å². The summed E-state index contributed by atoms with van der Waals surface area (Å²) in [6, 6.07) is 12.1. The average molecular weight is 347 g/mol. The van der Waals surface area contributed by atoms with E-state index in [4.69, 9.17) is 11.6 Å². The largest absolute Gasteiger partial charge is 0.354 e. The van der Waals surface area contributed by atoms with Crippen LogP contribution < -0.4 is 0 Å². The summed E-state index contributed by atoms with van der Waals surface area (Å²) in [5.41, 5.74) is 2.47. The molecule has 0 amide bonds. The van der Waals surface area contributed by atoms with Crippen LogP contribution in [0.4, 0.5) is 0 Å². The smallest absolute Gasteiger partial charge is 0.191 e. The summed E-state index contributed by atoms with van der Waals surface area (Å²) < 4.78 is 4.31. The Labute approximate surface area is 145 Å². The van der Waals surface area contributed by atoms with Crippen molar-refractivity contribution in [2.24, 2.45) is 7.05 Å². The molecule has 2 heterocycles. The maximum atomic E-state index is 5.92. The van der Waals surface area contributed by atoms with Gasteiger partial charge in [-0.2, -0.15) is 0 Å². The lowest BCUT2D eigenvalue weighted by atomic mass is 10.2. The molecule has 3 aromatic rings. The number of thioether (sulfide) groups is 1. The van der Waals surface area contributed by atoms with Crippen molar-refractivity contribution in [3.63, 3.8) is 0 Å². The van der Waals surface area contributed by atoms with Gasteiger partial charge in [-0.1, -0.05) is 35.5 Å². The third kappa shape index (κ3) is 3.79. The quantitative estimate of drug-likeness (QED) is 0.628. The fourth-order valence-corrected chi connectivity index (χ4v) is 3.55. The molecule has 0 N–H and O–H groups in total. The first-order chi connectivity index (χ1) is 11.2. The van der Waals surface area contributed by atoms with Crippen molar-refractivity contribution in [1.82, 2.24) is 19.3 Å². The monoisotopic (exact) mass is 346 g/mol. The first kappa shape index (κ1) is 16.1. The summed E-state index contributed by atoms with van der Waals surface area (Å²) in [6.07, 6.45) is 2.85. The second-order valence-electron chi connectivity index (χ2n) is 5.35. The molecule has 0 spiro atoms. The Morgan fingerprint density at radius 2 is 1.91 bits per heavy atom. The molecule has 6 heteroatoms. The maximum Gasteiger partial charge on any atom is 0.191 e. The standard InChI is InChI=1S/C17H19ClN4S/c1-3-22-16(11-15-5-4-10-21(15)2)19-20-17(22)23-12-13-6-8-14(18)9-7-13/h4-10H,3,11-12H2,1-2H3. The average Bonchev–Trinajstić information content (AvgIpc) is 3.13. The lowest BCUT2D eigenvalue weighted by molar-refractivity contribution is 0.645. The van der Waals surface area contributed by atoms with Crippen LogP contribution in [0.2, 0.25) is 5.02 Å². The predicted octanol–water partition coefficient (Wildman–Crippen LogP) is 4.17. The van der Waals surface area contributed by atoms with Crippen LogP contribution in [0.3, 0.4) is 0 Å². The maximum absolute atomic E-state index is 5.92. The number of hydrogen-bond donors (Lipinski definition) is 0. The van der Waals surface area contributed by atoms with Gasteiger partial charge in [-0.3, -0.25) is 0 Å². The number of aromatic nitrogens is 4. The molecule has 1 aromatic carbocycles. The summed E-state index contributed by atoms with van der Waals surface area (Å²) in [4.78, 5) is 0. The molecular formula is C17H19ClN4S. The molecule has 0 aliphatic heterocycles.